The van der Waals surface area contributed by atoms with Gasteiger partial charge in [0.25, 0.3) is 5.69 Å². The number of nitro groups is 1. The molecule has 2 aromatic rings. The summed E-state index contributed by atoms with van der Waals surface area (Å²) in [5.74, 6) is 0. The summed E-state index contributed by atoms with van der Waals surface area (Å²) in [6.45, 7) is 3.85. The monoisotopic (exact) mass is 320 g/mol. The maximum Gasteiger partial charge on any atom is 0.293 e. The molecule has 0 aliphatic rings. The number of nitro benzene ring substituents is 1. The Kier molecular flexibility index (Phi) is 4.18. The summed E-state index contributed by atoms with van der Waals surface area (Å²) in [4.78, 5) is 10.5. The maximum absolute atomic E-state index is 11.5. The van der Waals surface area contributed by atoms with Crippen molar-refractivity contribution in [2.75, 3.05) is 11.6 Å². The normalized spacial score (nSPS) is 11.2. The molecule has 0 heterocycles. The summed E-state index contributed by atoms with van der Waals surface area (Å²) in [6.07, 6.45) is 1.02. The van der Waals surface area contributed by atoms with Gasteiger partial charge in [-0.15, -0.1) is 0 Å². The van der Waals surface area contributed by atoms with Crippen molar-refractivity contribution in [1.29, 1.82) is 0 Å². The van der Waals surface area contributed by atoms with Crippen LogP contribution in [0.2, 0.25) is 0 Å². The fourth-order valence-electron chi connectivity index (χ4n) is 2.10. The van der Waals surface area contributed by atoms with E-state index >= 15 is 0 Å². The van der Waals surface area contributed by atoms with Crippen LogP contribution >= 0.6 is 0 Å². The molecule has 0 spiro atoms. The number of rotatable bonds is 4. The zero-order valence-electron chi connectivity index (χ0n) is 12.5. The molecule has 7 heteroatoms. The van der Waals surface area contributed by atoms with Crippen molar-refractivity contribution in [1.82, 2.24) is 0 Å². The van der Waals surface area contributed by atoms with Gasteiger partial charge in [-0.3, -0.25) is 10.1 Å². The van der Waals surface area contributed by atoms with Gasteiger partial charge < -0.3 is 5.32 Å². The molecule has 22 heavy (non-hydrogen) atoms. The first-order chi connectivity index (χ1) is 10.2. The molecule has 0 aliphatic heterocycles. The Labute approximate surface area is 128 Å². The van der Waals surface area contributed by atoms with E-state index in [-0.39, 0.29) is 16.3 Å². The molecular weight excluding hydrogens is 304 g/mol. The van der Waals surface area contributed by atoms with E-state index in [1.165, 1.54) is 12.1 Å². The number of benzene rings is 2. The second-order valence-corrected chi connectivity index (χ2v) is 7.17. The third-order valence-corrected chi connectivity index (χ3v) is 4.36. The van der Waals surface area contributed by atoms with E-state index in [9.17, 15) is 18.5 Å². The SMILES string of the molecule is Cc1ccc(Nc2ccc(S(C)(=O)=O)cc2[N+](=O)[O-])c(C)c1. The van der Waals surface area contributed by atoms with Crippen molar-refractivity contribution in [3.05, 3.63) is 57.6 Å². The fraction of sp³-hybridized carbons (Fsp3) is 0.200. The number of hydrogen-bond donors (Lipinski definition) is 1. The molecule has 6 nitrogen and oxygen atoms in total. The lowest BCUT2D eigenvalue weighted by molar-refractivity contribution is -0.384. The Morgan fingerprint density at radius 1 is 1.05 bits per heavy atom. The molecule has 0 saturated carbocycles. The van der Waals surface area contributed by atoms with E-state index < -0.39 is 14.8 Å². The fourth-order valence-corrected chi connectivity index (χ4v) is 2.74. The van der Waals surface area contributed by atoms with E-state index in [2.05, 4.69) is 5.32 Å². The van der Waals surface area contributed by atoms with Crippen LogP contribution in [0.3, 0.4) is 0 Å². The van der Waals surface area contributed by atoms with E-state index in [0.29, 0.717) is 0 Å². The van der Waals surface area contributed by atoms with Crippen LogP contribution in [0, 0.1) is 24.0 Å². The minimum atomic E-state index is -3.49. The van der Waals surface area contributed by atoms with Crippen molar-refractivity contribution in [3.8, 4) is 0 Å². The molecule has 0 saturated heterocycles. The number of anilines is 2. The summed E-state index contributed by atoms with van der Waals surface area (Å²) >= 11 is 0. The Hall–Kier alpha value is -2.41. The zero-order chi connectivity index (χ0) is 16.5. The summed E-state index contributed by atoms with van der Waals surface area (Å²) in [6, 6.07) is 9.52. The van der Waals surface area contributed by atoms with E-state index in [4.69, 9.17) is 0 Å². The molecule has 0 aromatic heterocycles. The number of sulfone groups is 1. The van der Waals surface area contributed by atoms with Crippen LogP contribution in [-0.4, -0.2) is 19.6 Å². The molecular formula is C15H16N2O4S. The van der Waals surface area contributed by atoms with Crippen LogP contribution < -0.4 is 5.32 Å². The number of nitrogens with one attached hydrogen (secondary N) is 1. The minimum absolute atomic E-state index is 0.0784. The molecule has 0 unspecified atom stereocenters. The van der Waals surface area contributed by atoms with Gasteiger partial charge in [0.1, 0.15) is 5.69 Å². The zero-order valence-corrected chi connectivity index (χ0v) is 13.3. The molecule has 0 radical (unpaired) electrons. The van der Waals surface area contributed by atoms with Crippen molar-refractivity contribution < 1.29 is 13.3 Å². The van der Waals surface area contributed by atoms with Crippen molar-refractivity contribution >= 4 is 26.9 Å². The third kappa shape index (κ3) is 3.43. The van der Waals surface area contributed by atoms with Gasteiger partial charge in [0.2, 0.25) is 0 Å². The Morgan fingerprint density at radius 3 is 2.23 bits per heavy atom. The summed E-state index contributed by atoms with van der Waals surface area (Å²) in [7, 11) is -3.49. The summed E-state index contributed by atoms with van der Waals surface area (Å²) in [5.41, 5.74) is 2.75. The van der Waals surface area contributed by atoms with E-state index in [0.717, 1.165) is 29.1 Å². The van der Waals surface area contributed by atoms with E-state index in [1.54, 1.807) is 0 Å². The molecule has 0 bridgehead atoms. The highest BCUT2D eigenvalue weighted by Gasteiger charge is 2.19. The predicted octanol–water partition coefficient (Wildman–Crippen LogP) is 3.36. The highest BCUT2D eigenvalue weighted by Crippen LogP contribution is 2.31. The lowest BCUT2D eigenvalue weighted by Gasteiger charge is -2.11. The number of aryl methyl sites for hydroxylation is 2. The highest BCUT2D eigenvalue weighted by atomic mass is 32.2. The van der Waals surface area contributed by atoms with Gasteiger partial charge in [-0.05, 0) is 37.6 Å². The Morgan fingerprint density at radius 2 is 1.68 bits per heavy atom. The lowest BCUT2D eigenvalue weighted by atomic mass is 10.1. The topological polar surface area (TPSA) is 89.3 Å². The molecule has 2 aromatic carbocycles. The number of hydrogen-bond acceptors (Lipinski definition) is 5. The molecule has 0 fully saturated rings. The van der Waals surface area contributed by atoms with Crippen LogP contribution in [0.15, 0.2) is 41.3 Å². The molecule has 2 rings (SSSR count). The lowest BCUT2D eigenvalue weighted by Crippen LogP contribution is -2.02. The van der Waals surface area contributed by atoms with E-state index in [1.807, 2.05) is 32.0 Å². The van der Waals surface area contributed by atoms with Crippen molar-refractivity contribution in [2.45, 2.75) is 18.7 Å². The molecule has 116 valence electrons. The van der Waals surface area contributed by atoms with Crippen molar-refractivity contribution in [2.24, 2.45) is 0 Å². The Balaban J connectivity index is 2.49. The van der Waals surface area contributed by atoms with Crippen LogP contribution in [0.4, 0.5) is 17.1 Å². The van der Waals surface area contributed by atoms with Crippen LogP contribution in [0.1, 0.15) is 11.1 Å². The predicted molar refractivity (Wildman–Crippen MR) is 85.4 cm³/mol. The highest BCUT2D eigenvalue weighted by molar-refractivity contribution is 7.90. The summed E-state index contributed by atoms with van der Waals surface area (Å²) < 4.78 is 23.1. The van der Waals surface area contributed by atoms with Crippen LogP contribution in [0.5, 0.6) is 0 Å². The molecule has 0 aliphatic carbocycles. The second kappa shape index (κ2) is 5.76. The molecule has 0 amide bonds. The van der Waals surface area contributed by atoms with Gasteiger partial charge in [-0.2, -0.15) is 0 Å². The molecule has 1 N–H and O–H groups in total. The first kappa shape index (κ1) is 16.0. The Bertz CT molecular complexity index is 845. The molecule has 0 atom stereocenters. The van der Waals surface area contributed by atoms with Gasteiger partial charge in [0.05, 0.1) is 9.82 Å². The number of nitrogens with zero attached hydrogens (tertiary/aromatic N) is 1. The largest absolute Gasteiger partial charge is 0.350 e. The maximum atomic E-state index is 11.5. The standard InChI is InChI=1S/C15H16N2O4S/c1-10-4-6-13(11(2)8-10)16-14-7-5-12(22(3,20)21)9-15(14)17(18)19/h4-9,16H,1-3H3. The van der Waals surface area contributed by atoms with Crippen LogP contribution in [-0.2, 0) is 9.84 Å². The quantitative estimate of drug-likeness (QED) is 0.689. The van der Waals surface area contributed by atoms with Crippen LogP contribution in [0.25, 0.3) is 0 Å². The third-order valence-electron chi connectivity index (χ3n) is 3.25. The second-order valence-electron chi connectivity index (χ2n) is 5.15. The summed E-state index contributed by atoms with van der Waals surface area (Å²) in [5, 5.41) is 14.2. The first-order valence-electron chi connectivity index (χ1n) is 6.51. The van der Waals surface area contributed by atoms with Crippen molar-refractivity contribution in [3.63, 3.8) is 0 Å². The average Bonchev–Trinajstić information content (AvgIpc) is 2.40. The van der Waals surface area contributed by atoms with Gasteiger partial charge in [-0.25, -0.2) is 8.42 Å². The smallest absolute Gasteiger partial charge is 0.293 e. The van der Waals surface area contributed by atoms with Gasteiger partial charge >= 0.3 is 0 Å². The van der Waals surface area contributed by atoms with Gasteiger partial charge in [0, 0.05) is 18.0 Å². The van der Waals surface area contributed by atoms with Gasteiger partial charge in [0.15, 0.2) is 9.84 Å². The minimum Gasteiger partial charge on any atom is -0.350 e. The van der Waals surface area contributed by atoms with Gasteiger partial charge in [-0.1, -0.05) is 17.7 Å². The first-order valence-corrected chi connectivity index (χ1v) is 8.40. The average molecular weight is 320 g/mol.